The van der Waals surface area contributed by atoms with Crippen LogP contribution in [0.4, 0.5) is 0 Å². The fourth-order valence-corrected chi connectivity index (χ4v) is 5.72. The minimum atomic E-state index is -0.803. The summed E-state index contributed by atoms with van der Waals surface area (Å²) in [4.78, 5) is 30.8. The minimum Gasteiger partial charge on any atom is -0.468 e. The third-order valence-corrected chi connectivity index (χ3v) is 7.73. The lowest BCUT2D eigenvalue weighted by Gasteiger charge is -2.37. The minimum absolute atomic E-state index is 0.237. The molecular weight excluding hydrogens is 544 g/mol. The zero-order valence-corrected chi connectivity index (χ0v) is 22.5. The van der Waals surface area contributed by atoms with Gasteiger partial charge in [-0.2, -0.15) is 0 Å². The number of benzene rings is 2. The van der Waals surface area contributed by atoms with Crippen LogP contribution in [0.25, 0.3) is 0 Å². The number of nitrogens with zero attached hydrogens (tertiary/aromatic N) is 2. The molecule has 0 spiro atoms. The molecule has 4 rings (SSSR count). The highest BCUT2D eigenvalue weighted by molar-refractivity contribution is 9.10. The van der Waals surface area contributed by atoms with Gasteiger partial charge in [-0.05, 0) is 39.9 Å². The molecule has 10 heteroatoms. The summed E-state index contributed by atoms with van der Waals surface area (Å²) < 4.78 is 11.5. The number of hydrogen-bond acceptors (Lipinski definition) is 8. The Hall–Kier alpha value is -2.63. The predicted octanol–water partition coefficient (Wildman–Crippen LogP) is 4.01. The maximum atomic E-state index is 14.1. The van der Waals surface area contributed by atoms with Gasteiger partial charge in [-0.3, -0.25) is 19.9 Å². The van der Waals surface area contributed by atoms with E-state index in [2.05, 4.69) is 31.7 Å². The van der Waals surface area contributed by atoms with Crippen molar-refractivity contribution in [2.45, 2.75) is 37.1 Å². The van der Waals surface area contributed by atoms with Crippen molar-refractivity contribution >= 4 is 39.1 Å². The van der Waals surface area contributed by atoms with Gasteiger partial charge in [0.05, 0.1) is 13.2 Å². The predicted molar refractivity (Wildman–Crippen MR) is 141 cm³/mol. The summed E-state index contributed by atoms with van der Waals surface area (Å²) in [5, 5.41) is 7.61. The van der Waals surface area contributed by atoms with Crippen molar-refractivity contribution in [1.29, 1.82) is 0 Å². The number of carbonyl (C=O) groups is 2. The highest BCUT2D eigenvalue weighted by Gasteiger charge is 2.39. The third-order valence-electron chi connectivity index (χ3n) is 6.11. The van der Waals surface area contributed by atoms with Crippen molar-refractivity contribution in [3.8, 4) is 0 Å². The molecule has 2 heterocycles. The molecule has 1 amide bonds. The molecule has 1 fully saturated rings. The summed E-state index contributed by atoms with van der Waals surface area (Å²) in [6.07, 6.45) is 0.606. The second kappa shape index (κ2) is 12.6. The molecule has 0 bridgehead atoms. The van der Waals surface area contributed by atoms with E-state index in [-0.39, 0.29) is 11.9 Å². The van der Waals surface area contributed by atoms with E-state index < -0.39 is 24.2 Å². The van der Waals surface area contributed by atoms with Crippen LogP contribution in [0.3, 0.4) is 0 Å². The van der Waals surface area contributed by atoms with Gasteiger partial charge in [-0.15, -0.1) is 11.3 Å². The van der Waals surface area contributed by atoms with Gasteiger partial charge in [0.15, 0.2) is 0 Å². The van der Waals surface area contributed by atoms with Crippen LogP contribution in [0, 0.1) is 0 Å². The van der Waals surface area contributed by atoms with Crippen LogP contribution in [-0.2, 0) is 19.1 Å². The second-order valence-corrected chi connectivity index (χ2v) is 10.1. The van der Waals surface area contributed by atoms with Gasteiger partial charge < -0.3 is 9.47 Å². The van der Waals surface area contributed by atoms with Gasteiger partial charge in [0.1, 0.15) is 27.8 Å². The zero-order chi connectivity index (χ0) is 25.5. The standard InChI is InChI=1S/C26H29BrN4O4S/c1-34-23(24-28-20(27)16-36-24)22(25(32)31-15-9-14-19(30-31)26(33)35-2)29-21(17-10-5-3-6-11-17)18-12-7-4-8-13-18/h3-8,10-13,16,19,21-23,29-30H,9,14-15H2,1-2H3/t19-,22-,23-/m0/s1. The Morgan fingerprint density at radius 3 is 2.28 bits per heavy atom. The molecule has 3 atom stereocenters. The van der Waals surface area contributed by atoms with E-state index in [9.17, 15) is 9.59 Å². The fraction of sp³-hybridized carbons (Fsp3) is 0.346. The van der Waals surface area contributed by atoms with E-state index >= 15 is 0 Å². The number of methoxy groups -OCH3 is 2. The first-order valence-electron chi connectivity index (χ1n) is 11.7. The molecule has 0 saturated carbocycles. The van der Waals surface area contributed by atoms with Crippen LogP contribution in [0.2, 0.25) is 0 Å². The maximum Gasteiger partial charge on any atom is 0.324 e. The van der Waals surface area contributed by atoms with E-state index in [4.69, 9.17) is 9.47 Å². The van der Waals surface area contributed by atoms with Crippen molar-refractivity contribution < 1.29 is 19.1 Å². The van der Waals surface area contributed by atoms with Crippen LogP contribution < -0.4 is 10.7 Å². The Kier molecular flexibility index (Phi) is 9.22. The van der Waals surface area contributed by atoms with Crippen molar-refractivity contribution in [3.05, 3.63) is 86.8 Å². The second-order valence-electron chi connectivity index (χ2n) is 8.40. The number of hydrogen-bond donors (Lipinski definition) is 2. The number of nitrogens with one attached hydrogen (secondary N) is 2. The number of ether oxygens (including phenoxy) is 2. The first-order valence-corrected chi connectivity index (χ1v) is 13.3. The summed E-state index contributed by atoms with van der Waals surface area (Å²) in [5.41, 5.74) is 5.08. The number of rotatable bonds is 9. The van der Waals surface area contributed by atoms with Gasteiger partial charge in [-0.1, -0.05) is 60.7 Å². The van der Waals surface area contributed by atoms with Crippen LogP contribution in [-0.4, -0.2) is 54.7 Å². The van der Waals surface area contributed by atoms with Crippen molar-refractivity contribution in [2.24, 2.45) is 0 Å². The van der Waals surface area contributed by atoms with Crippen LogP contribution >= 0.6 is 27.3 Å². The Morgan fingerprint density at radius 2 is 1.75 bits per heavy atom. The average molecular weight is 574 g/mol. The molecule has 0 radical (unpaired) electrons. The zero-order valence-electron chi connectivity index (χ0n) is 20.1. The molecule has 190 valence electrons. The smallest absolute Gasteiger partial charge is 0.324 e. The molecule has 0 aliphatic carbocycles. The summed E-state index contributed by atoms with van der Waals surface area (Å²) in [6.45, 7) is 0.462. The van der Waals surface area contributed by atoms with E-state index in [1.807, 2.05) is 66.0 Å². The van der Waals surface area contributed by atoms with Crippen molar-refractivity contribution in [3.63, 3.8) is 0 Å². The average Bonchev–Trinajstić information content (AvgIpc) is 3.36. The molecule has 1 aromatic heterocycles. The number of hydrazine groups is 1. The molecular formula is C26H29BrN4O4S. The molecule has 3 aromatic rings. The lowest BCUT2D eigenvalue weighted by atomic mass is 9.96. The first kappa shape index (κ1) is 26.4. The molecule has 36 heavy (non-hydrogen) atoms. The molecule has 2 N–H and O–H groups in total. The highest BCUT2D eigenvalue weighted by atomic mass is 79.9. The Morgan fingerprint density at radius 1 is 1.11 bits per heavy atom. The highest BCUT2D eigenvalue weighted by Crippen LogP contribution is 2.31. The van der Waals surface area contributed by atoms with Gasteiger partial charge in [0.25, 0.3) is 5.91 Å². The van der Waals surface area contributed by atoms with Crippen LogP contribution in [0.1, 0.15) is 41.1 Å². The van der Waals surface area contributed by atoms with Gasteiger partial charge in [-0.25, -0.2) is 10.4 Å². The number of amides is 1. The normalized spacial score (nSPS) is 17.6. The van der Waals surface area contributed by atoms with Gasteiger partial charge in [0, 0.05) is 19.0 Å². The number of carbonyl (C=O) groups excluding carboxylic acids is 2. The summed E-state index contributed by atoms with van der Waals surface area (Å²) >= 11 is 4.83. The summed E-state index contributed by atoms with van der Waals surface area (Å²) in [7, 11) is 2.92. The van der Waals surface area contributed by atoms with E-state index in [0.717, 1.165) is 11.1 Å². The molecule has 0 unspecified atom stereocenters. The van der Waals surface area contributed by atoms with E-state index in [1.54, 1.807) is 7.11 Å². The van der Waals surface area contributed by atoms with Gasteiger partial charge in [0.2, 0.25) is 0 Å². The van der Waals surface area contributed by atoms with Gasteiger partial charge >= 0.3 is 5.97 Å². The number of halogens is 1. The Labute approximate surface area is 223 Å². The molecule has 1 aliphatic rings. The summed E-state index contributed by atoms with van der Waals surface area (Å²) in [6, 6.07) is 18.3. The first-order chi connectivity index (χ1) is 17.5. The molecule has 8 nitrogen and oxygen atoms in total. The quantitative estimate of drug-likeness (QED) is 0.374. The maximum absolute atomic E-state index is 14.1. The topological polar surface area (TPSA) is 92.8 Å². The van der Waals surface area contributed by atoms with Crippen molar-refractivity contribution in [1.82, 2.24) is 20.7 Å². The van der Waals surface area contributed by atoms with Crippen molar-refractivity contribution in [2.75, 3.05) is 20.8 Å². The molecule has 1 saturated heterocycles. The fourth-order valence-electron chi connectivity index (χ4n) is 4.35. The largest absolute Gasteiger partial charge is 0.468 e. The lowest BCUT2D eigenvalue weighted by Crippen LogP contribution is -2.60. The number of esters is 1. The molecule has 2 aromatic carbocycles. The summed E-state index contributed by atoms with van der Waals surface area (Å²) in [5.74, 6) is -0.630. The van der Waals surface area contributed by atoms with E-state index in [1.165, 1.54) is 23.5 Å². The monoisotopic (exact) mass is 572 g/mol. The van der Waals surface area contributed by atoms with Crippen LogP contribution in [0.15, 0.2) is 70.6 Å². The SMILES string of the molecule is COC(=O)[C@@H]1CCCN(C(=O)[C@@H](NC(c2ccccc2)c2ccccc2)[C@H](OC)c2nc(Br)cs2)N1. The third kappa shape index (κ3) is 6.19. The number of aromatic nitrogens is 1. The lowest BCUT2D eigenvalue weighted by molar-refractivity contribution is -0.151. The Balaban J connectivity index is 1.71. The van der Waals surface area contributed by atoms with E-state index in [0.29, 0.717) is 29.0 Å². The number of thiazole rings is 1. The van der Waals surface area contributed by atoms with Crippen LogP contribution in [0.5, 0.6) is 0 Å². The Bertz CT molecular complexity index is 1110. The molecule has 1 aliphatic heterocycles.